The molecule has 1 radical (unpaired) electrons. The van der Waals surface area contributed by atoms with Crippen molar-refractivity contribution in [2.75, 3.05) is 19.6 Å². The van der Waals surface area contributed by atoms with E-state index in [0.717, 1.165) is 6.42 Å². The molecule has 1 aliphatic carbocycles. The monoisotopic (exact) mass is 406 g/mol. The molecule has 3 N–H and O–H groups in total. The van der Waals surface area contributed by atoms with Crippen LogP contribution in [0.1, 0.15) is 27.2 Å². The standard InChI is InChI=1S/C5H5.C3H9Ge.3C2H6N.Zr/c1-2-4-5-3-1;1-4(2)3;3*1-2-3;/h1-3H,4H2;1-3H3;3*3H,2H2,1H3;/q-1;;3*-1;+4. The van der Waals surface area contributed by atoms with Gasteiger partial charge in [0, 0.05) is 0 Å². The number of nitrogens with one attached hydrogen (secondary N) is 3. The van der Waals surface area contributed by atoms with Crippen LogP contribution < -0.4 is 0 Å². The van der Waals surface area contributed by atoms with Gasteiger partial charge in [-0.25, -0.2) is 12.2 Å². The Balaban J connectivity index is -0.0000000435. The predicted octanol–water partition coefficient (Wildman–Crippen LogP) is 5.85. The molecule has 0 aromatic carbocycles. The van der Waals surface area contributed by atoms with Crippen molar-refractivity contribution in [2.45, 2.75) is 44.5 Å². The SMILES string of the molecule is CC[NH-].CC[NH-].CC[NH-].[C-]1=CC=CC1.[CH3][Ge]([CH3])[CH3].[Zr+4]. The summed E-state index contributed by atoms with van der Waals surface area (Å²) >= 11 is -0.333. The minimum Gasteiger partial charge on any atom is 4.00 e. The number of rotatable bonds is 0. The van der Waals surface area contributed by atoms with Crippen molar-refractivity contribution in [1.82, 2.24) is 0 Å². The second-order valence-electron chi connectivity index (χ2n) is 3.56. The van der Waals surface area contributed by atoms with Crippen LogP contribution in [0.4, 0.5) is 0 Å². The molecule has 0 fully saturated rings. The van der Waals surface area contributed by atoms with Gasteiger partial charge >= 0.3 is 57.8 Å². The van der Waals surface area contributed by atoms with Crippen molar-refractivity contribution in [3.05, 3.63) is 41.5 Å². The molecule has 0 bridgehead atoms. The summed E-state index contributed by atoms with van der Waals surface area (Å²) in [5.74, 6) is 7.00. The van der Waals surface area contributed by atoms with Gasteiger partial charge in [0.05, 0.1) is 0 Å². The summed E-state index contributed by atoms with van der Waals surface area (Å²) in [6, 6.07) is 0. The van der Waals surface area contributed by atoms with Crippen molar-refractivity contribution in [3.63, 3.8) is 0 Å². The molecule has 0 aliphatic heterocycles. The van der Waals surface area contributed by atoms with E-state index in [4.69, 9.17) is 17.2 Å². The van der Waals surface area contributed by atoms with Crippen LogP contribution in [0, 0.1) is 6.08 Å². The quantitative estimate of drug-likeness (QED) is 0.358. The Morgan fingerprint density at radius 2 is 1.21 bits per heavy atom. The third kappa shape index (κ3) is 158. The van der Waals surface area contributed by atoms with Crippen LogP contribution in [0.2, 0.25) is 17.3 Å². The van der Waals surface area contributed by atoms with Crippen LogP contribution in [0.25, 0.3) is 17.2 Å². The smallest absolute Gasteiger partial charge is 4.00 e. The largest absolute Gasteiger partial charge is 4.00 e. The zero-order chi connectivity index (χ0) is 15.2. The van der Waals surface area contributed by atoms with Crippen LogP contribution in [-0.4, -0.2) is 34.0 Å². The molecule has 0 spiro atoms. The molecular formula is C14H32GeN3Zr. The van der Waals surface area contributed by atoms with Crippen LogP contribution in [-0.2, 0) is 26.2 Å². The first kappa shape index (κ1) is 31.9. The molecule has 0 saturated carbocycles. The second-order valence-corrected chi connectivity index (χ2v) is 9.86. The molecular weight excluding hydrogens is 374 g/mol. The van der Waals surface area contributed by atoms with E-state index in [9.17, 15) is 0 Å². The summed E-state index contributed by atoms with van der Waals surface area (Å²) in [5.41, 5.74) is 18.6. The first-order valence-corrected chi connectivity index (χ1v) is 12.7. The molecule has 0 saturated heterocycles. The van der Waals surface area contributed by atoms with Gasteiger partial charge in [-0.15, -0.1) is 6.42 Å². The Morgan fingerprint density at radius 1 is 0.947 bits per heavy atom. The van der Waals surface area contributed by atoms with Crippen molar-refractivity contribution >= 4 is 14.3 Å². The number of hydrogen-bond acceptors (Lipinski definition) is 0. The van der Waals surface area contributed by atoms with Gasteiger partial charge in [-0.3, -0.25) is 6.08 Å². The third-order valence-electron chi connectivity index (χ3n) is 0.586. The average molecular weight is 406 g/mol. The summed E-state index contributed by atoms with van der Waals surface area (Å²) in [4.78, 5) is 0. The first-order chi connectivity index (χ1) is 8.47. The number of hydrogen-bond donors (Lipinski definition) is 0. The molecule has 1 rings (SSSR count). The van der Waals surface area contributed by atoms with Gasteiger partial charge < -0.3 is 17.2 Å². The van der Waals surface area contributed by atoms with E-state index >= 15 is 0 Å². The molecule has 0 unspecified atom stereocenters. The Hall–Kier alpha value is 0.786. The maximum absolute atomic E-state index is 6.21. The zero-order valence-corrected chi connectivity index (χ0v) is 18.1. The Morgan fingerprint density at radius 3 is 1.26 bits per heavy atom. The van der Waals surface area contributed by atoms with Crippen LogP contribution in [0.3, 0.4) is 0 Å². The molecule has 0 aromatic heterocycles. The van der Waals surface area contributed by atoms with E-state index in [-0.39, 0.29) is 40.6 Å². The molecule has 0 amide bonds. The fourth-order valence-electron chi connectivity index (χ4n) is 0.340. The fraction of sp³-hybridized carbons (Fsp3) is 0.714. The molecule has 19 heavy (non-hydrogen) atoms. The van der Waals surface area contributed by atoms with Gasteiger partial charge in [-0.1, -0.05) is 20.8 Å². The van der Waals surface area contributed by atoms with E-state index in [0.29, 0.717) is 19.6 Å². The molecule has 5 heteroatoms. The van der Waals surface area contributed by atoms with Crippen LogP contribution >= 0.6 is 0 Å². The molecule has 0 heterocycles. The molecule has 1 aliphatic rings. The van der Waals surface area contributed by atoms with E-state index in [2.05, 4.69) is 29.4 Å². The number of allylic oxidation sites excluding steroid dienone is 4. The summed E-state index contributed by atoms with van der Waals surface area (Å²) in [5, 5.41) is 0. The van der Waals surface area contributed by atoms with Crippen LogP contribution in [0.15, 0.2) is 18.2 Å². The van der Waals surface area contributed by atoms with Crippen LogP contribution in [0.5, 0.6) is 0 Å². The molecule has 0 atom stereocenters. The van der Waals surface area contributed by atoms with Gasteiger partial charge in [-0.2, -0.15) is 25.7 Å². The summed E-state index contributed by atoms with van der Waals surface area (Å²) in [6.07, 6.45) is 10.0. The fourth-order valence-corrected chi connectivity index (χ4v) is 0.340. The Kier molecular flexibility index (Phi) is 71.9. The average Bonchev–Trinajstić information content (AvgIpc) is 2.76. The topological polar surface area (TPSA) is 71.4 Å². The van der Waals surface area contributed by atoms with E-state index in [1.165, 1.54) is 0 Å². The summed E-state index contributed by atoms with van der Waals surface area (Å²) < 4.78 is 0. The first-order valence-electron chi connectivity index (χ1n) is 6.40. The zero-order valence-electron chi connectivity index (χ0n) is 13.6. The Labute approximate surface area is 145 Å². The maximum atomic E-state index is 6.21. The molecule has 111 valence electrons. The minimum absolute atomic E-state index is 0. The van der Waals surface area contributed by atoms with Gasteiger partial charge in [0.15, 0.2) is 0 Å². The maximum Gasteiger partial charge on any atom is 4.00 e. The minimum atomic E-state index is -0.333. The van der Waals surface area contributed by atoms with E-state index in [1.54, 1.807) is 20.8 Å². The summed E-state index contributed by atoms with van der Waals surface area (Å²) in [6.45, 7) is 6.88. The van der Waals surface area contributed by atoms with Gasteiger partial charge in [-0.05, 0) is 0 Å². The van der Waals surface area contributed by atoms with Crippen molar-refractivity contribution in [3.8, 4) is 0 Å². The van der Waals surface area contributed by atoms with Crippen molar-refractivity contribution < 1.29 is 26.2 Å². The van der Waals surface area contributed by atoms with Gasteiger partial charge in [0.1, 0.15) is 0 Å². The summed E-state index contributed by atoms with van der Waals surface area (Å²) in [7, 11) is 0. The third-order valence-corrected chi connectivity index (χ3v) is 0.586. The Bertz CT molecular complexity index is 134. The normalized spacial score (nSPS) is 9.37. The van der Waals surface area contributed by atoms with Gasteiger partial charge in [0.2, 0.25) is 0 Å². The molecule has 0 aromatic rings. The van der Waals surface area contributed by atoms with Crippen molar-refractivity contribution in [1.29, 1.82) is 0 Å². The molecule has 3 nitrogen and oxygen atoms in total. The van der Waals surface area contributed by atoms with Gasteiger partial charge in [0.25, 0.3) is 0 Å². The predicted molar refractivity (Wildman–Crippen MR) is 89.5 cm³/mol. The van der Waals surface area contributed by atoms with E-state index in [1.807, 2.05) is 12.2 Å². The second kappa shape index (κ2) is 42.8. The van der Waals surface area contributed by atoms with Crippen molar-refractivity contribution in [2.24, 2.45) is 0 Å². The van der Waals surface area contributed by atoms with E-state index < -0.39 is 0 Å².